The van der Waals surface area contributed by atoms with Crippen LogP contribution in [0.4, 0.5) is 0 Å². The average Bonchev–Trinajstić information content (AvgIpc) is 2.47. The fourth-order valence-electron chi connectivity index (χ4n) is 3.19. The summed E-state index contributed by atoms with van der Waals surface area (Å²) >= 11 is 12.1. The van der Waals surface area contributed by atoms with Crippen molar-refractivity contribution in [2.24, 2.45) is 11.8 Å². The molecule has 1 aromatic rings. The van der Waals surface area contributed by atoms with Crippen molar-refractivity contribution in [1.82, 2.24) is 10.3 Å². The van der Waals surface area contributed by atoms with Gasteiger partial charge in [0.2, 0.25) is 0 Å². The lowest BCUT2D eigenvalue weighted by Crippen LogP contribution is -2.37. The van der Waals surface area contributed by atoms with Crippen LogP contribution in [0.3, 0.4) is 0 Å². The van der Waals surface area contributed by atoms with Crippen LogP contribution in [0.1, 0.15) is 50.8 Å². The Labute approximate surface area is 141 Å². The van der Waals surface area contributed by atoms with Gasteiger partial charge in [-0.25, -0.2) is 0 Å². The Morgan fingerprint density at radius 2 is 2.32 bits per heavy atom. The molecule has 0 bridgehead atoms. The first-order valence-electron chi connectivity index (χ1n) is 7.80. The van der Waals surface area contributed by atoms with Gasteiger partial charge in [-0.2, -0.15) is 0 Å². The van der Waals surface area contributed by atoms with Crippen LogP contribution < -0.4 is 5.32 Å². The van der Waals surface area contributed by atoms with Crippen LogP contribution in [0, 0.1) is 11.8 Å². The Balaban J connectivity index is 2.11. The predicted molar refractivity (Wildman–Crippen MR) is 88.4 cm³/mol. The second-order valence-corrected chi connectivity index (χ2v) is 6.74. The van der Waals surface area contributed by atoms with E-state index in [1.165, 1.54) is 0 Å². The van der Waals surface area contributed by atoms with Crippen molar-refractivity contribution in [3.05, 3.63) is 28.0 Å². The number of nitrogens with zero attached hydrogens (tertiary/aromatic N) is 1. The molecule has 0 amide bonds. The fourth-order valence-corrected chi connectivity index (χ4v) is 3.70. The van der Waals surface area contributed by atoms with Crippen molar-refractivity contribution >= 4 is 29.2 Å². The van der Waals surface area contributed by atoms with Gasteiger partial charge >= 0.3 is 5.97 Å². The number of rotatable bonds is 6. The van der Waals surface area contributed by atoms with E-state index in [2.05, 4.69) is 17.2 Å². The molecule has 1 aliphatic heterocycles. The maximum atomic E-state index is 11.6. The van der Waals surface area contributed by atoms with Gasteiger partial charge in [-0.15, -0.1) is 0 Å². The molecule has 3 unspecified atom stereocenters. The van der Waals surface area contributed by atoms with Gasteiger partial charge in [-0.3, -0.25) is 9.78 Å². The van der Waals surface area contributed by atoms with Gasteiger partial charge in [0.15, 0.2) is 0 Å². The van der Waals surface area contributed by atoms with Crippen LogP contribution >= 0.6 is 23.2 Å². The van der Waals surface area contributed by atoms with Crippen molar-refractivity contribution in [2.45, 2.75) is 45.1 Å². The lowest BCUT2D eigenvalue weighted by molar-refractivity contribution is -0.144. The molecule has 0 aliphatic carbocycles. The van der Waals surface area contributed by atoms with E-state index in [0.29, 0.717) is 10.0 Å². The van der Waals surface area contributed by atoms with E-state index in [-0.39, 0.29) is 17.9 Å². The zero-order valence-electron chi connectivity index (χ0n) is 12.7. The lowest BCUT2D eigenvalue weighted by Gasteiger charge is -2.33. The van der Waals surface area contributed by atoms with E-state index < -0.39 is 5.97 Å². The molecule has 2 N–H and O–H groups in total. The van der Waals surface area contributed by atoms with E-state index in [1.807, 2.05) is 0 Å². The summed E-state index contributed by atoms with van der Waals surface area (Å²) in [4.78, 5) is 15.9. The topological polar surface area (TPSA) is 62.2 Å². The van der Waals surface area contributed by atoms with Crippen molar-refractivity contribution < 1.29 is 9.90 Å². The Morgan fingerprint density at radius 3 is 2.95 bits per heavy atom. The number of pyridine rings is 1. The molecule has 0 aromatic carbocycles. The van der Waals surface area contributed by atoms with Gasteiger partial charge in [0.25, 0.3) is 0 Å². The molecule has 2 rings (SSSR count). The summed E-state index contributed by atoms with van der Waals surface area (Å²) < 4.78 is 0. The first-order valence-corrected chi connectivity index (χ1v) is 8.55. The molecule has 1 aromatic heterocycles. The summed E-state index contributed by atoms with van der Waals surface area (Å²) in [6, 6.07) is 1.68. The van der Waals surface area contributed by atoms with E-state index in [9.17, 15) is 9.90 Å². The van der Waals surface area contributed by atoms with Gasteiger partial charge in [-0.1, -0.05) is 43.0 Å². The van der Waals surface area contributed by atoms with Crippen LogP contribution in [0.25, 0.3) is 0 Å². The quantitative estimate of drug-likeness (QED) is 0.806. The molecule has 1 fully saturated rings. The van der Waals surface area contributed by atoms with Crippen molar-refractivity contribution in [3.63, 3.8) is 0 Å². The van der Waals surface area contributed by atoms with Crippen LogP contribution in [0.2, 0.25) is 10.0 Å². The highest BCUT2D eigenvalue weighted by molar-refractivity contribution is 6.34. The molecular weight excluding hydrogens is 323 g/mol. The first kappa shape index (κ1) is 17.5. The molecule has 0 spiro atoms. The molecule has 0 radical (unpaired) electrons. The SMILES string of the molecule is CCCCC(C(=O)O)C1CCNC(c2ncc(Cl)cc2Cl)C1. The summed E-state index contributed by atoms with van der Waals surface area (Å²) in [6.45, 7) is 2.87. The molecule has 22 heavy (non-hydrogen) atoms. The van der Waals surface area contributed by atoms with E-state index >= 15 is 0 Å². The monoisotopic (exact) mass is 344 g/mol. The maximum Gasteiger partial charge on any atom is 0.306 e. The summed E-state index contributed by atoms with van der Waals surface area (Å²) in [6.07, 6.45) is 5.91. The standard InChI is InChI=1S/C16H22Cl2N2O2/c1-2-3-4-12(16(21)22)10-5-6-19-14(7-10)15-13(18)8-11(17)9-20-15/h8-10,12,14,19H,2-7H2,1H3,(H,21,22). The summed E-state index contributed by atoms with van der Waals surface area (Å²) in [5.74, 6) is -0.811. The first-order chi connectivity index (χ1) is 10.5. The molecule has 0 saturated carbocycles. The number of unbranched alkanes of at least 4 members (excludes halogenated alkanes) is 1. The molecule has 3 atom stereocenters. The van der Waals surface area contributed by atoms with Gasteiger partial charge < -0.3 is 10.4 Å². The summed E-state index contributed by atoms with van der Waals surface area (Å²) in [5, 5.41) is 14.0. The minimum atomic E-state index is -0.686. The Hall–Kier alpha value is -0.840. The van der Waals surface area contributed by atoms with Crippen LogP contribution in [-0.2, 0) is 4.79 Å². The lowest BCUT2D eigenvalue weighted by atomic mass is 9.79. The smallest absolute Gasteiger partial charge is 0.306 e. The Kier molecular flexibility index (Phi) is 6.48. The van der Waals surface area contributed by atoms with Crippen molar-refractivity contribution in [3.8, 4) is 0 Å². The van der Waals surface area contributed by atoms with Gasteiger partial charge in [0.05, 0.1) is 27.7 Å². The number of carboxylic acid groups (broad SMARTS) is 1. The summed E-state index contributed by atoms with van der Waals surface area (Å²) in [7, 11) is 0. The number of nitrogens with one attached hydrogen (secondary N) is 1. The minimum absolute atomic E-state index is 0.00741. The Bertz CT molecular complexity index is 525. The predicted octanol–water partition coefficient (Wildman–Crippen LogP) is 4.32. The number of halogens is 2. The van der Waals surface area contributed by atoms with Gasteiger partial charge in [0.1, 0.15) is 0 Å². The number of aromatic nitrogens is 1. The maximum absolute atomic E-state index is 11.6. The van der Waals surface area contributed by atoms with Crippen molar-refractivity contribution in [1.29, 1.82) is 0 Å². The molecule has 2 heterocycles. The molecular formula is C16H22Cl2N2O2. The average molecular weight is 345 g/mol. The Morgan fingerprint density at radius 1 is 1.55 bits per heavy atom. The third-order valence-electron chi connectivity index (χ3n) is 4.37. The van der Waals surface area contributed by atoms with Crippen LogP contribution in [0.5, 0.6) is 0 Å². The number of carboxylic acids is 1. The minimum Gasteiger partial charge on any atom is -0.481 e. The zero-order chi connectivity index (χ0) is 16.1. The highest BCUT2D eigenvalue weighted by atomic mass is 35.5. The largest absolute Gasteiger partial charge is 0.481 e. The molecule has 6 heteroatoms. The highest BCUT2D eigenvalue weighted by Crippen LogP contribution is 2.36. The number of carbonyl (C=O) groups is 1. The molecule has 1 saturated heterocycles. The highest BCUT2D eigenvalue weighted by Gasteiger charge is 2.33. The third-order valence-corrected chi connectivity index (χ3v) is 4.88. The van der Waals surface area contributed by atoms with E-state index in [0.717, 1.165) is 44.3 Å². The number of hydrogen-bond donors (Lipinski definition) is 2. The van der Waals surface area contributed by atoms with Gasteiger partial charge in [0, 0.05) is 6.20 Å². The second-order valence-electron chi connectivity index (χ2n) is 5.90. The molecule has 122 valence electrons. The third kappa shape index (κ3) is 4.34. The van der Waals surface area contributed by atoms with E-state index in [1.54, 1.807) is 12.3 Å². The van der Waals surface area contributed by atoms with Gasteiger partial charge in [-0.05, 0) is 37.8 Å². The van der Waals surface area contributed by atoms with E-state index in [4.69, 9.17) is 23.2 Å². The van der Waals surface area contributed by atoms with Crippen molar-refractivity contribution in [2.75, 3.05) is 6.54 Å². The van der Waals surface area contributed by atoms with Crippen LogP contribution in [0.15, 0.2) is 12.3 Å². The number of aliphatic carboxylic acids is 1. The fraction of sp³-hybridized carbons (Fsp3) is 0.625. The molecule has 4 nitrogen and oxygen atoms in total. The second kappa shape index (κ2) is 8.14. The summed E-state index contributed by atoms with van der Waals surface area (Å²) in [5.41, 5.74) is 0.760. The van der Waals surface area contributed by atoms with Crippen LogP contribution in [-0.4, -0.2) is 22.6 Å². The number of hydrogen-bond acceptors (Lipinski definition) is 3. The molecule has 1 aliphatic rings. The number of piperidine rings is 1. The normalized spacial score (nSPS) is 23.2. The zero-order valence-corrected chi connectivity index (χ0v) is 14.2.